The lowest BCUT2D eigenvalue weighted by molar-refractivity contribution is -0.275. The first-order valence-corrected chi connectivity index (χ1v) is 11.4. The van der Waals surface area contributed by atoms with E-state index in [0.29, 0.717) is 0 Å². The highest BCUT2D eigenvalue weighted by molar-refractivity contribution is 6.08. The Bertz CT molecular complexity index is 1340. The van der Waals surface area contributed by atoms with E-state index < -0.39 is 67.3 Å². The summed E-state index contributed by atoms with van der Waals surface area (Å²) < 4.78 is 76.8. The fourth-order valence-corrected chi connectivity index (χ4v) is 4.65. The number of halogens is 5. The first kappa shape index (κ1) is 26.0. The van der Waals surface area contributed by atoms with Gasteiger partial charge in [0.25, 0.3) is 5.91 Å². The van der Waals surface area contributed by atoms with Crippen molar-refractivity contribution >= 4 is 22.8 Å². The van der Waals surface area contributed by atoms with Crippen molar-refractivity contribution in [2.75, 3.05) is 25.1 Å². The second-order valence-corrected chi connectivity index (χ2v) is 8.90. The number of anilines is 1. The zero-order valence-electron chi connectivity index (χ0n) is 19.3. The smallest absolute Gasteiger partial charge is 0.405 e. The summed E-state index contributed by atoms with van der Waals surface area (Å²) in [5, 5.41) is 29.6. The van der Waals surface area contributed by atoms with Crippen LogP contribution in [0.4, 0.5) is 27.8 Å². The summed E-state index contributed by atoms with van der Waals surface area (Å²) in [6.07, 6.45) is -8.39. The third kappa shape index (κ3) is 5.06. The number of amides is 1. The molecule has 5 rings (SSSR count). The second-order valence-electron chi connectivity index (χ2n) is 8.90. The number of aromatic nitrogens is 4. The number of ether oxygens (including phenoxy) is 2. The summed E-state index contributed by atoms with van der Waals surface area (Å²) in [5.74, 6) is -2.49. The molecule has 11 nitrogen and oxygen atoms in total. The minimum atomic E-state index is -5.10. The van der Waals surface area contributed by atoms with E-state index >= 15 is 0 Å². The van der Waals surface area contributed by atoms with Crippen molar-refractivity contribution in [3.63, 3.8) is 0 Å². The molecule has 0 bridgehead atoms. The lowest BCUT2D eigenvalue weighted by atomic mass is 10.0. The molecule has 0 aliphatic carbocycles. The molecule has 2 aromatic heterocycles. The van der Waals surface area contributed by atoms with Gasteiger partial charge in [-0.25, -0.2) is 18.7 Å². The van der Waals surface area contributed by atoms with Crippen LogP contribution in [0.5, 0.6) is 5.75 Å². The first-order chi connectivity index (χ1) is 18.0. The predicted molar refractivity (Wildman–Crippen MR) is 118 cm³/mol. The fourth-order valence-electron chi connectivity index (χ4n) is 4.65. The van der Waals surface area contributed by atoms with Gasteiger partial charge < -0.3 is 29.9 Å². The number of fused-ring (bicyclic) bond motifs is 1. The molecule has 2 aliphatic heterocycles. The van der Waals surface area contributed by atoms with Crippen molar-refractivity contribution in [2.24, 2.45) is 0 Å². The van der Waals surface area contributed by atoms with Crippen molar-refractivity contribution in [1.29, 1.82) is 0 Å². The lowest BCUT2D eigenvalue weighted by Crippen LogP contribution is -2.51. The van der Waals surface area contributed by atoms with E-state index in [1.165, 1.54) is 0 Å². The van der Waals surface area contributed by atoms with Crippen LogP contribution >= 0.6 is 0 Å². The van der Waals surface area contributed by atoms with Crippen LogP contribution < -0.4 is 10.1 Å². The van der Waals surface area contributed by atoms with Crippen LogP contribution in [0.15, 0.2) is 24.5 Å². The molecule has 0 unspecified atom stereocenters. The van der Waals surface area contributed by atoms with Gasteiger partial charge in [0.05, 0.1) is 37.2 Å². The Balaban J connectivity index is 1.50. The van der Waals surface area contributed by atoms with Crippen molar-refractivity contribution in [2.45, 2.75) is 43.2 Å². The van der Waals surface area contributed by atoms with Crippen molar-refractivity contribution in [3.8, 4) is 5.75 Å². The monoisotopic (exact) mass is 544 g/mol. The minimum Gasteiger partial charge on any atom is -0.405 e. The van der Waals surface area contributed by atoms with Crippen molar-refractivity contribution in [1.82, 2.24) is 25.1 Å². The number of nitrogens with one attached hydrogen (secondary N) is 2. The van der Waals surface area contributed by atoms with Crippen LogP contribution in [0.2, 0.25) is 0 Å². The molecular weight excluding hydrogens is 523 g/mol. The van der Waals surface area contributed by atoms with Gasteiger partial charge in [-0.05, 0) is 18.2 Å². The van der Waals surface area contributed by atoms with Crippen LogP contribution in [0.1, 0.15) is 28.5 Å². The summed E-state index contributed by atoms with van der Waals surface area (Å²) in [5.41, 5.74) is -0.550. The molecule has 1 aromatic carbocycles. The van der Waals surface area contributed by atoms with E-state index in [1.54, 1.807) is 0 Å². The quantitative estimate of drug-likeness (QED) is 0.354. The molecule has 38 heavy (non-hydrogen) atoms. The number of likely N-dealkylation sites (tertiary alicyclic amines) is 1. The van der Waals surface area contributed by atoms with Gasteiger partial charge >= 0.3 is 6.36 Å². The number of aromatic amines is 1. The Morgan fingerprint density at radius 3 is 2.79 bits per heavy atom. The van der Waals surface area contributed by atoms with Crippen LogP contribution in [0, 0.1) is 5.82 Å². The number of aliphatic hydroxyl groups excluding tert-OH is 2. The summed E-state index contributed by atoms with van der Waals surface area (Å²) >= 11 is 0. The topological polar surface area (TPSA) is 146 Å². The van der Waals surface area contributed by atoms with E-state index in [2.05, 4.69) is 30.2 Å². The van der Waals surface area contributed by atoms with Gasteiger partial charge in [0.1, 0.15) is 47.8 Å². The molecule has 1 amide bonds. The Hall–Kier alpha value is -3.63. The number of aliphatic hydroxyl groups is 2. The largest absolute Gasteiger partial charge is 0.573 e. The van der Waals surface area contributed by atoms with Crippen molar-refractivity contribution in [3.05, 3.63) is 41.6 Å². The van der Waals surface area contributed by atoms with Crippen LogP contribution in [0.3, 0.4) is 0 Å². The Morgan fingerprint density at radius 1 is 1.24 bits per heavy atom. The highest BCUT2D eigenvalue weighted by Gasteiger charge is 2.42. The first-order valence-electron chi connectivity index (χ1n) is 11.4. The van der Waals surface area contributed by atoms with Crippen LogP contribution in [-0.2, 0) is 4.74 Å². The van der Waals surface area contributed by atoms with Gasteiger partial charge in [0.2, 0.25) is 0 Å². The highest BCUT2D eigenvalue weighted by Crippen LogP contribution is 2.41. The summed E-state index contributed by atoms with van der Waals surface area (Å²) in [4.78, 5) is 22.7. The van der Waals surface area contributed by atoms with Gasteiger partial charge in [0, 0.05) is 12.0 Å². The molecule has 16 heteroatoms. The van der Waals surface area contributed by atoms with Gasteiger partial charge in [-0.3, -0.25) is 9.89 Å². The molecule has 4 heterocycles. The van der Waals surface area contributed by atoms with E-state index in [1.807, 2.05) is 0 Å². The Labute approximate surface area is 210 Å². The number of hydrogen-bond acceptors (Lipinski definition) is 9. The average molecular weight is 544 g/mol. The van der Waals surface area contributed by atoms with E-state index in [9.17, 15) is 37.0 Å². The molecule has 5 atom stereocenters. The molecule has 2 fully saturated rings. The normalized spacial score (nSPS) is 26.1. The maximum absolute atomic E-state index is 14.6. The van der Waals surface area contributed by atoms with Gasteiger partial charge in [-0.15, -0.1) is 13.2 Å². The summed E-state index contributed by atoms with van der Waals surface area (Å²) in [7, 11) is 0. The number of nitrogens with zero attached hydrogens (tertiary/aromatic N) is 4. The molecule has 2 saturated heterocycles. The number of hydrogen-bond donors (Lipinski definition) is 4. The minimum absolute atomic E-state index is 0.00411. The number of carbonyl (C=O) groups is 1. The van der Waals surface area contributed by atoms with Crippen LogP contribution in [0.25, 0.3) is 11.0 Å². The van der Waals surface area contributed by atoms with E-state index in [-0.39, 0.29) is 41.3 Å². The van der Waals surface area contributed by atoms with Crippen molar-refractivity contribution < 1.29 is 46.4 Å². The average Bonchev–Trinajstić information content (AvgIpc) is 3.46. The molecule has 0 spiro atoms. The Kier molecular flexibility index (Phi) is 6.79. The maximum atomic E-state index is 14.6. The van der Waals surface area contributed by atoms with Gasteiger partial charge in [-0.1, -0.05) is 0 Å². The molecule has 2 aliphatic rings. The third-order valence-corrected chi connectivity index (χ3v) is 6.35. The standard InChI is InChI=1S/C22H21F5N6O5/c23-9-1-2-15(38-22(25,26)27)11(3-9)13-4-10(24)5-33(13)21(36)17-16-19(28-8-29-20(16)32-31-17)30-12-6-37-7-14(34)18(12)35/h1-3,8,10,12-14,18,34-35H,4-7H2,(H2,28,29,30,31,32)/t10-,12+,13+,14+,18-/m0/s1. The Morgan fingerprint density at radius 2 is 2.03 bits per heavy atom. The molecular formula is C22H21F5N6O5. The maximum Gasteiger partial charge on any atom is 0.573 e. The summed E-state index contributed by atoms with van der Waals surface area (Å²) in [6, 6.07) is 0.171. The molecule has 0 radical (unpaired) electrons. The fraction of sp³-hybridized carbons (Fsp3) is 0.455. The second kappa shape index (κ2) is 9.92. The number of benzene rings is 1. The molecule has 0 saturated carbocycles. The number of carbonyl (C=O) groups excluding carboxylic acids is 1. The zero-order valence-corrected chi connectivity index (χ0v) is 19.3. The van der Waals surface area contributed by atoms with Crippen LogP contribution in [-0.4, -0.2) is 91.7 Å². The molecule has 4 N–H and O–H groups in total. The van der Waals surface area contributed by atoms with E-state index in [4.69, 9.17) is 4.74 Å². The number of alkyl halides is 4. The number of rotatable bonds is 5. The SMILES string of the molecule is O=C(c1[nH]nc2ncnc(N[C@@H]3COC[C@@H](O)[C@H]3O)c12)N1C[C@@H](F)C[C@@H]1c1cc(F)ccc1OC(F)(F)F. The highest BCUT2D eigenvalue weighted by atomic mass is 19.4. The molecule has 204 valence electrons. The molecule has 3 aromatic rings. The zero-order chi connectivity index (χ0) is 27.2. The number of H-pyrrole nitrogens is 1. The third-order valence-electron chi connectivity index (χ3n) is 6.35. The predicted octanol–water partition coefficient (Wildman–Crippen LogP) is 1.85. The van der Waals surface area contributed by atoms with Gasteiger partial charge in [0.15, 0.2) is 5.65 Å². The summed E-state index contributed by atoms with van der Waals surface area (Å²) in [6.45, 7) is -0.567. The van der Waals surface area contributed by atoms with E-state index in [0.717, 1.165) is 29.4 Å². The lowest BCUT2D eigenvalue weighted by Gasteiger charge is -2.32. The van der Waals surface area contributed by atoms with Gasteiger partial charge in [-0.2, -0.15) is 5.10 Å².